The molecule has 1 aromatic heterocycles. The number of hydrogen-bond donors (Lipinski definition) is 1. The lowest BCUT2D eigenvalue weighted by molar-refractivity contribution is 0.165. The zero-order chi connectivity index (χ0) is 12.3. The molecular weight excluding hydrogens is 210 g/mol. The molecule has 1 fully saturated rings. The summed E-state index contributed by atoms with van der Waals surface area (Å²) in [5.41, 5.74) is 7.25. The lowest BCUT2D eigenvalue weighted by atomic mass is 9.94. The van der Waals surface area contributed by atoms with Gasteiger partial charge in [0.15, 0.2) is 0 Å². The molecule has 0 bridgehead atoms. The zero-order valence-corrected chi connectivity index (χ0v) is 10.9. The van der Waals surface area contributed by atoms with Gasteiger partial charge in [0.05, 0.1) is 0 Å². The highest BCUT2D eigenvalue weighted by atomic mass is 15.2. The van der Waals surface area contributed by atoms with Gasteiger partial charge in [-0.2, -0.15) is 0 Å². The maximum atomic E-state index is 5.67. The topological polar surface area (TPSA) is 42.1 Å². The first kappa shape index (κ1) is 12.5. The van der Waals surface area contributed by atoms with Crippen molar-refractivity contribution in [3.05, 3.63) is 30.1 Å². The van der Waals surface area contributed by atoms with Crippen molar-refractivity contribution in [3.63, 3.8) is 0 Å². The molecule has 94 valence electrons. The van der Waals surface area contributed by atoms with E-state index in [0.717, 1.165) is 25.4 Å². The van der Waals surface area contributed by atoms with E-state index in [2.05, 4.69) is 29.8 Å². The Kier molecular flexibility index (Phi) is 3.79. The van der Waals surface area contributed by atoms with Gasteiger partial charge in [-0.3, -0.25) is 9.88 Å². The Hall–Kier alpha value is -0.930. The smallest absolute Gasteiger partial charge is 0.0312 e. The van der Waals surface area contributed by atoms with Gasteiger partial charge >= 0.3 is 0 Å². The monoisotopic (exact) mass is 233 g/mol. The molecule has 0 aromatic carbocycles. The van der Waals surface area contributed by atoms with Crippen LogP contribution in [-0.4, -0.2) is 28.5 Å². The normalized spacial score (nSPS) is 24.1. The quantitative estimate of drug-likeness (QED) is 0.865. The minimum Gasteiger partial charge on any atom is -0.330 e. The summed E-state index contributed by atoms with van der Waals surface area (Å²) in [4.78, 5) is 6.74. The van der Waals surface area contributed by atoms with Gasteiger partial charge in [-0.25, -0.2) is 0 Å². The van der Waals surface area contributed by atoms with Gasteiger partial charge in [-0.05, 0) is 50.8 Å². The molecule has 0 aliphatic carbocycles. The van der Waals surface area contributed by atoms with Crippen molar-refractivity contribution in [2.24, 2.45) is 11.7 Å². The molecule has 2 rings (SSSR count). The number of hydrogen-bond acceptors (Lipinski definition) is 3. The van der Waals surface area contributed by atoms with Gasteiger partial charge in [0, 0.05) is 31.0 Å². The van der Waals surface area contributed by atoms with Crippen LogP contribution in [0.1, 0.15) is 32.3 Å². The highest BCUT2D eigenvalue weighted by Crippen LogP contribution is 2.35. The summed E-state index contributed by atoms with van der Waals surface area (Å²) in [6.45, 7) is 7.64. The van der Waals surface area contributed by atoms with Crippen molar-refractivity contribution in [2.75, 3.05) is 13.1 Å². The van der Waals surface area contributed by atoms with Crippen LogP contribution in [0.15, 0.2) is 24.5 Å². The largest absolute Gasteiger partial charge is 0.330 e. The molecule has 17 heavy (non-hydrogen) atoms. The standard InChI is InChI=1S/C14H23N3/c1-14(2)8-12(5-6-15)10-17(14)11-13-4-3-7-16-9-13/h3-4,7,9,12H,5-6,8,10-11,15H2,1-2H3. The van der Waals surface area contributed by atoms with Crippen LogP contribution in [0.5, 0.6) is 0 Å². The molecule has 1 aliphatic heterocycles. The van der Waals surface area contributed by atoms with E-state index in [0.29, 0.717) is 0 Å². The predicted molar refractivity (Wildman–Crippen MR) is 70.5 cm³/mol. The molecule has 3 nitrogen and oxygen atoms in total. The SMILES string of the molecule is CC1(C)CC(CCN)CN1Cc1cccnc1. The molecule has 1 aliphatic rings. The van der Waals surface area contributed by atoms with Gasteiger partial charge < -0.3 is 5.73 Å². The van der Waals surface area contributed by atoms with Crippen LogP contribution in [0.25, 0.3) is 0 Å². The minimum absolute atomic E-state index is 0.287. The fourth-order valence-electron chi connectivity index (χ4n) is 2.88. The highest BCUT2D eigenvalue weighted by Gasteiger charge is 2.37. The van der Waals surface area contributed by atoms with E-state index in [4.69, 9.17) is 5.73 Å². The average molecular weight is 233 g/mol. The zero-order valence-electron chi connectivity index (χ0n) is 10.9. The lowest BCUT2D eigenvalue weighted by Gasteiger charge is -2.31. The Bertz CT molecular complexity index is 348. The molecule has 0 spiro atoms. The van der Waals surface area contributed by atoms with Crippen LogP contribution < -0.4 is 5.73 Å². The number of pyridine rings is 1. The molecule has 2 heterocycles. The Morgan fingerprint density at radius 3 is 3.00 bits per heavy atom. The number of nitrogens with two attached hydrogens (primary N) is 1. The fourth-order valence-corrected chi connectivity index (χ4v) is 2.88. The van der Waals surface area contributed by atoms with Gasteiger partial charge in [0.1, 0.15) is 0 Å². The van der Waals surface area contributed by atoms with Crippen molar-refractivity contribution >= 4 is 0 Å². The van der Waals surface area contributed by atoms with E-state index in [9.17, 15) is 0 Å². The van der Waals surface area contributed by atoms with E-state index >= 15 is 0 Å². The summed E-state index contributed by atoms with van der Waals surface area (Å²) in [7, 11) is 0. The van der Waals surface area contributed by atoms with Gasteiger partial charge in [0.25, 0.3) is 0 Å². The number of nitrogens with zero attached hydrogens (tertiary/aromatic N) is 2. The van der Waals surface area contributed by atoms with Gasteiger partial charge in [-0.15, -0.1) is 0 Å². The third-order valence-corrected chi connectivity index (χ3v) is 3.79. The molecule has 1 aromatic rings. The van der Waals surface area contributed by atoms with E-state index in [-0.39, 0.29) is 5.54 Å². The van der Waals surface area contributed by atoms with Crippen LogP contribution in [0.3, 0.4) is 0 Å². The van der Waals surface area contributed by atoms with Crippen LogP contribution >= 0.6 is 0 Å². The molecule has 0 radical (unpaired) electrons. The second kappa shape index (κ2) is 5.15. The Morgan fingerprint density at radius 1 is 1.53 bits per heavy atom. The first-order valence-electron chi connectivity index (χ1n) is 6.46. The van der Waals surface area contributed by atoms with Gasteiger partial charge in [0.2, 0.25) is 0 Å². The van der Waals surface area contributed by atoms with Crippen LogP contribution in [-0.2, 0) is 6.54 Å². The Labute approximate surface area is 104 Å². The van der Waals surface area contributed by atoms with E-state index in [1.54, 1.807) is 0 Å². The maximum Gasteiger partial charge on any atom is 0.0312 e. The maximum absolute atomic E-state index is 5.67. The number of rotatable bonds is 4. The predicted octanol–water partition coefficient (Wildman–Crippen LogP) is 2.03. The van der Waals surface area contributed by atoms with E-state index in [1.807, 2.05) is 18.5 Å². The highest BCUT2D eigenvalue weighted by molar-refractivity contribution is 5.10. The average Bonchev–Trinajstić information content (AvgIpc) is 2.55. The van der Waals surface area contributed by atoms with Crippen molar-refractivity contribution in [2.45, 2.75) is 38.8 Å². The second-order valence-electron chi connectivity index (χ2n) is 5.70. The molecule has 2 N–H and O–H groups in total. The molecular formula is C14H23N3. The molecule has 0 saturated carbocycles. The third-order valence-electron chi connectivity index (χ3n) is 3.79. The Balaban J connectivity index is 2.01. The summed E-state index contributed by atoms with van der Waals surface area (Å²) in [6, 6.07) is 4.16. The minimum atomic E-state index is 0.287. The van der Waals surface area contributed by atoms with Crippen molar-refractivity contribution < 1.29 is 0 Å². The third kappa shape index (κ3) is 3.05. The van der Waals surface area contributed by atoms with E-state index < -0.39 is 0 Å². The Morgan fingerprint density at radius 2 is 2.35 bits per heavy atom. The summed E-state index contributed by atoms with van der Waals surface area (Å²) >= 11 is 0. The van der Waals surface area contributed by atoms with Crippen LogP contribution in [0.4, 0.5) is 0 Å². The van der Waals surface area contributed by atoms with Crippen molar-refractivity contribution in [3.8, 4) is 0 Å². The first-order valence-corrected chi connectivity index (χ1v) is 6.46. The summed E-state index contributed by atoms with van der Waals surface area (Å²) in [6.07, 6.45) is 6.19. The summed E-state index contributed by atoms with van der Waals surface area (Å²) in [5.74, 6) is 0.756. The molecule has 1 atom stereocenters. The van der Waals surface area contributed by atoms with Crippen molar-refractivity contribution in [1.29, 1.82) is 0 Å². The summed E-state index contributed by atoms with van der Waals surface area (Å²) < 4.78 is 0. The van der Waals surface area contributed by atoms with Crippen LogP contribution in [0.2, 0.25) is 0 Å². The first-order chi connectivity index (χ1) is 8.12. The van der Waals surface area contributed by atoms with Crippen molar-refractivity contribution in [1.82, 2.24) is 9.88 Å². The van der Waals surface area contributed by atoms with Crippen LogP contribution in [0, 0.1) is 5.92 Å². The second-order valence-corrected chi connectivity index (χ2v) is 5.70. The number of aromatic nitrogens is 1. The van der Waals surface area contributed by atoms with E-state index in [1.165, 1.54) is 18.5 Å². The summed E-state index contributed by atoms with van der Waals surface area (Å²) in [5, 5.41) is 0. The van der Waals surface area contributed by atoms with Gasteiger partial charge in [-0.1, -0.05) is 6.07 Å². The molecule has 0 amide bonds. The molecule has 1 saturated heterocycles. The molecule has 1 unspecified atom stereocenters. The fraction of sp³-hybridized carbons (Fsp3) is 0.643. The number of likely N-dealkylation sites (tertiary alicyclic amines) is 1. The molecule has 3 heteroatoms. The lowest BCUT2D eigenvalue weighted by Crippen LogP contribution is -2.37.